The number of carbonyl (C=O) groups excluding carboxylic acids is 1. The number of hydrogen-bond acceptors (Lipinski definition) is 6. The van der Waals surface area contributed by atoms with E-state index in [1.54, 1.807) is 17.4 Å². The van der Waals surface area contributed by atoms with E-state index >= 15 is 0 Å². The fourth-order valence-electron chi connectivity index (χ4n) is 3.79. The third-order valence-electron chi connectivity index (χ3n) is 5.54. The van der Waals surface area contributed by atoms with Crippen molar-refractivity contribution in [2.24, 2.45) is 0 Å². The van der Waals surface area contributed by atoms with Crippen LogP contribution in [0.3, 0.4) is 0 Å². The topological polar surface area (TPSA) is 89.4 Å². The minimum Gasteiger partial charge on any atom is -0.378 e. The summed E-state index contributed by atoms with van der Waals surface area (Å²) in [4.78, 5) is 24.5. The van der Waals surface area contributed by atoms with Crippen LogP contribution in [0.15, 0.2) is 71.9 Å². The molecule has 1 aliphatic rings. The summed E-state index contributed by atoms with van der Waals surface area (Å²) in [6.07, 6.45) is 5.36. The first-order chi connectivity index (χ1) is 16.1. The Morgan fingerprint density at radius 2 is 1.88 bits per heavy atom. The quantitative estimate of drug-likeness (QED) is 0.490. The van der Waals surface area contributed by atoms with Gasteiger partial charge in [-0.25, -0.2) is 4.98 Å². The monoisotopic (exact) mass is 461 g/mol. The van der Waals surface area contributed by atoms with Crippen LogP contribution in [0, 0.1) is 0 Å². The molecule has 3 heterocycles. The van der Waals surface area contributed by atoms with E-state index in [0.29, 0.717) is 37.8 Å². The van der Waals surface area contributed by atoms with Crippen LogP contribution in [-0.2, 0) is 15.5 Å². The molecular formula is C24H23N5O3S. The summed E-state index contributed by atoms with van der Waals surface area (Å²) in [6.45, 7) is 2.33. The summed E-state index contributed by atoms with van der Waals surface area (Å²) in [7, 11) is -1.02. The highest BCUT2D eigenvalue weighted by Gasteiger charge is 2.18. The number of anilines is 2. The second kappa shape index (κ2) is 9.13. The molecule has 0 bridgehead atoms. The number of carbonyl (C=O) groups is 1. The molecule has 1 aliphatic heterocycles. The molecule has 1 N–H and O–H groups in total. The molecule has 2 aromatic heterocycles. The number of aromatic nitrogens is 3. The third kappa shape index (κ3) is 4.50. The first-order valence-corrected chi connectivity index (χ1v) is 12.2. The highest BCUT2D eigenvalue weighted by Crippen LogP contribution is 2.22. The van der Waals surface area contributed by atoms with Gasteiger partial charge in [-0.3, -0.25) is 9.00 Å². The number of rotatable bonds is 5. The second-order valence-electron chi connectivity index (χ2n) is 7.72. The Hall–Kier alpha value is -3.56. The van der Waals surface area contributed by atoms with Crippen LogP contribution in [0.5, 0.6) is 0 Å². The van der Waals surface area contributed by atoms with Crippen molar-refractivity contribution in [1.82, 2.24) is 19.4 Å². The molecule has 1 atom stereocenters. The number of morpholine rings is 1. The van der Waals surface area contributed by atoms with Gasteiger partial charge in [0.05, 0.1) is 13.2 Å². The molecule has 0 radical (unpaired) electrons. The van der Waals surface area contributed by atoms with Crippen molar-refractivity contribution in [2.45, 2.75) is 4.90 Å². The minimum absolute atomic E-state index is 0.0105. The molecule has 1 unspecified atom stereocenters. The normalized spacial score (nSPS) is 14.9. The Morgan fingerprint density at radius 1 is 1.09 bits per heavy atom. The third-order valence-corrected chi connectivity index (χ3v) is 6.47. The average molecular weight is 462 g/mol. The minimum atomic E-state index is -1.02. The first-order valence-electron chi connectivity index (χ1n) is 10.6. The van der Waals surface area contributed by atoms with Crippen LogP contribution < -0.4 is 5.32 Å². The van der Waals surface area contributed by atoms with Crippen LogP contribution in [0.4, 0.5) is 11.6 Å². The van der Waals surface area contributed by atoms with Gasteiger partial charge in [-0.05, 0) is 48.5 Å². The molecule has 4 aromatic rings. The number of amides is 1. The number of benzene rings is 2. The Balaban J connectivity index is 1.40. The molecule has 2 aromatic carbocycles. The van der Waals surface area contributed by atoms with Gasteiger partial charge in [0.2, 0.25) is 5.95 Å². The summed E-state index contributed by atoms with van der Waals surface area (Å²) < 4.78 is 19.0. The number of ether oxygens (including phenoxy) is 1. The van der Waals surface area contributed by atoms with Gasteiger partial charge in [0, 0.05) is 69.8 Å². The molecule has 0 spiro atoms. The summed E-state index contributed by atoms with van der Waals surface area (Å²) in [5.41, 5.74) is 3.02. The predicted octanol–water partition coefficient (Wildman–Crippen LogP) is 3.37. The Bertz CT molecular complexity index is 1330. The lowest BCUT2D eigenvalue weighted by atomic mass is 10.1. The van der Waals surface area contributed by atoms with E-state index in [4.69, 9.17) is 9.72 Å². The SMILES string of the molecule is CS(=O)c1ccc(-n2ccc3cnc(Nc4cccc(C(=O)N5CCOCC5)c4)nc32)cc1. The van der Waals surface area contributed by atoms with Crippen LogP contribution in [0.25, 0.3) is 16.7 Å². The van der Waals surface area contributed by atoms with Gasteiger partial charge in [-0.2, -0.15) is 4.98 Å². The number of nitrogens with zero attached hydrogens (tertiary/aromatic N) is 4. The zero-order chi connectivity index (χ0) is 22.8. The highest BCUT2D eigenvalue weighted by atomic mass is 32.2. The van der Waals surface area contributed by atoms with E-state index in [0.717, 1.165) is 27.3 Å². The lowest BCUT2D eigenvalue weighted by molar-refractivity contribution is 0.0303. The van der Waals surface area contributed by atoms with Crippen LogP contribution in [0.2, 0.25) is 0 Å². The lowest BCUT2D eigenvalue weighted by Crippen LogP contribution is -2.40. The molecule has 9 heteroatoms. The van der Waals surface area contributed by atoms with E-state index in [9.17, 15) is 9.00 Å². The van der Waals surface area contributed by atoms with E-state index in [2.05, 4.69) is 10.3 Å². The standard InChI is InChI=1S/C24H23N5O3S/c1-33(31)21-7-5-20(6-8-21)29-10-9-18-16-25-24(27-22(18)29)26-19-4-2-3-17(15-19)23(30)28-11-13-32-14-12-28/h2-10,15-16H,11-14H2,1H3,(H,25,26,27). The summed E-state index contributed by atoms with van der Waals surface area (Å²) in [5.74, 6) is 0.424. The molecule has 1 fully saturated rings. The van der Waals surface area contributed by atoms with Gasteiger partial charge in [0.1, 0.15) is 5.65 Å². The van der Waals surface area contributed by atoms with E-state index in [1.807, 2.05) is 65.4 Å². The van der Waals surface area contributed by atoms with E-state index in [-0.39, 0.29) is 5.91 Å². The van der Waals surface area contributed by atoms with Gasteiger partial charge in [0.25, 0.3) is 5.91 Å². The summed E-state index contributed by atoms with van der Waals surface area (Å²) in [5, 5.41) is 4.12. The molecule has 1 saturated heterocycles. The van der Waals surface area contributed by atoms with Gasteiger partial charge >= 0.3 is 0 Å². The van der Waals surface area contributed by atoms with Gasteiger partial charge in [0.15, 0.2) is 0 Å². The smallest absolute Gasteiger partial charge is 0.254 e. The summed E-state index contributed by atoms with van der Waals surface area (Å²) in [6, 6.07) is 16.9. The Morgan fingerprint density at radius 3 is 2.64 bits per heavy atom. The van der Waals surface area contributed by atoms with Crippen molar-refractivity contribution >= 4 is 39.4 Å². The zero-order valence-electron chi connectivity index (χ0n) is 18.1. The largest absolute Gasteiger partial charge is 0.378 e. The van der Waals surface area contributed by atoms with Crippen molar-refractivity contribution in [2.75, 3.05) is 37.9 Å². The molecular weight excluding hydrogens is 438 g/mol. The van der Waals surface area contributed by atoms with Crippen molar-refractivity contribution in [3.05, 3.63) is 72.6 Å². The van der Waals surface area contributed by atoms with E-state index < -0.39 is 10.8 Å². The van der Waals surface area contributed by atoms with Crippen molar-refractivity contribution in [3.8, 4) is 5.69 Å². The second-order valence-corrected chi connectivity index (χ2v) is 9.10. The predicted molar refractivity (Wildman–Crippen MR) is 128 cm³/mol. The zero-order valence-corrected chi connectivity index (χ0v) is 18.9. The molecule has 1 amide bonds. The highest BCUT2D eigenvalue weighted by molar-refractivity contribution is 7.84. The van der Waals surface area contributed by atoms with Crippen molar-refractivity contribution in [1.29, 1.82) is 0 Å². The molecule has 0 aliphatic carbocycles. The number of nitrogens with one attached hydrogen (secondary N) is 1. The van der Waals surface area contributed by atoms with Crippen LogP contribution in [-0.4, -0.2) is 62.1 Å². The number of fused-ring (bicyclic) bond motifs is 1. The van der Waals surface area contributed by atoms with Crippen LogP contribution in [0.1, 0.15) is 10.4 Å². The van der Waals surface area contributed by atoms with Crippen LogP contribution >= 0.6 is 0 Å². The fraction of sp³-hybridized carbons (Fsp3) is 0.208. The lowest BCUT2D eigenvalue weighted by Gasteiger charge is -2.27. The Labute approximate surface area is 193 Å². The fourth-order valence-corrected chi connectivity index (χ4v) is 4.31. The summed E-state index contributed by atoms with van der Waals surface area (Å²) >= 11 is 0. The molecule has 5 rings (SSSR count). The van der Waals surface area contributed by atoms with Gasteiger partial charge in [-0.15, -0.1) is 0 Å². The first kappa shape index (κ1) is 21.3. The van der Waals surface area contributed by atoms with Crippen molar-refractivity contribution in [3.63, 3.8) is 0 Å². The van der Waals surface area contributed by atoms with E-state index in [1.165, 1.54) is 0 Å². The molecule has 33 heavy (non-hydrogen) atoms. The maximum absolute atomic E-state index is 12.8. The number of hydrogen-bond donors (Lipinski definition) is 1. The Kier molecular flexibility index (Phi) is 5.89. The molecule has 0 saturated carbocycles. The van der Waals surface area contributed by atoms with Crippen molar-refractivity contribution < 1.29 is 13.7 Å². The van der Waals surface area contributed by atoms with Gasteiger partial charge < -0.3 is 19.5 Å². The molecule has 8 nitrogen and oxygen atoms in total. The van der Waals surface area contributed by atoms with Gasteiger partial charge in [-0.1, -0.05) is 6.07 Å². The molecule has 168 valence electrons. The maximum atomic E-state index is 12.8. The maximum Gasteiger partial charge on any atom is 0.254 e. The average Bonchev–Trinajstić information content (AvgIpc) is 3.27.